The van der Waals surface area contributed by atoms with E-state index in [9.17, 15) is 27.6 Å². The Bertz CT molecular complexity index is 977. The zero-order valence-electron chi connectivity index (χ0n) is 16.3. The number of alkyl halides is 3. The molecule has 7 nitrogen and oxygen atoms in total. The largest absolute Gasteiger partial charge is 0.493 e. The number of methoxy groups -OCH3 is 1. The van der Waals surface area contributed by atoms with Gasteiger partial charge in [-0.05, 0) is 23.8 Å². The van der Waals surface area contributed by atoms with Gasteiger partial charge in [-0.15, -0.1) is 0 Å². The van der Waals surface area contributed by atoms with Crippen molar-refractivity contribution in [3.63, 3.8) is 0 Å². The second kappa shape index (κ2) is 9.07. The van der Waals surface area contributed by atoms with Crippen LogP contribution < -0.4 is 9.47 Å². The summed E-state index contributed by atoms with van der Waals surface area (Å²) in [4.78, 5) is 36.8. The molecule has 10 heteroatoms. The second-order valence-corrected chi connectivity index (χ2v) is 6.62. The maximum absolute atomic E-state index is 12.8. The number of ether oxygens (including phenoxy) is 3. The number of carbonyl (C=O) groups is 3. The number of hydrogen-bond acceptors (Lipinski definition) is 6. The van der Waals surface area contributed by atoms with Crippen LogP contribution in [0.3, 0.4) is 0 Å². The molecule has 0 unspecified atom stereocenters. The van der Waals surface area contributed by atoms with Crippen LogP contribution >= 0.6 is 0 Å². The van der Waals surface area contributed by atoms with Crippen LogP contribution in [0.1, 0.15) is 22.3 Å². The Morgan fingerprint density at radius 1 is 1.10 bits per heavy atom. The third-order valence-corrected chi connectivity index (χ3v) is 4.53. The van der Waals surface area contributed by atoms with Gasteiger partial charge in [0.15, 0.2) is 17.6 Å². The summed E-state index contributed by atoms with van der Waals surface area (Å²) in [5.41, 5.74) is 0.949. The predicted molar refractivity (Wildman–Crippen MR) is 100 cm³/mol. The zero-order chi connectivity index (χ0) is 22.6. The van der Waals surface area contributed by atoms with Gasteiger partial charge in [-0.25, -0.2) is 4.79 Å². The lowest BCUT2D eigenvalue weighted by Crippen LogP contribution is -2.38. The molecule has 0 bridgehead atoms. The van der Waals surface area contributed by atoms with Gasteiger partial charge in [0.1, 0.15) is 6.61 Å². The van der Waals surface area contributed by atoms with Crippen LogP contribution in [0, 0.1) is 0 Å². The number of benzene rings is 2. The summed E-state index contributed by atoms with van der Waals surface area (Å²) in [5, 5.41) is 0. The summed E-state index contributed by atoms with van der Waals surface area (Å²) < 4.78 is 52.3. The summed E-state index contributed by atoms with van der Waals surface area (Å²) >= 11 is 0. The van der Waals surface area contributed by atoms with Crippen molar-refractivity contribution in [3.8, 4) is 11.5 Å². The van der Waals surface area contributed by atoms with E-state index < -0.39 is 30.1 Å². The van der Waals surface area contributed by atoms with Crippen molar-refractivity contribution in [1.82, 2.24) is 4.90 Å². The van der Waals surface area contributed by atoms with E-state index in [1.54, 1.807) is 0 Å². The topological polar surface area (TPSA) is 82.1 Å². The first-order chi connectivity index (χ1) is 14.7. The Labute approximate surface area is 175 Å². The molecule has 2 amide bonds. The summed E-state index contributed by atoms with van der Waals surface area (Å²) in [6.07, 6.45) is -7.11. The molecule has 2 aromatic rings. The third kappa shape index (κ3) is 5.14. The summed E-state index contributed by atoms with van der Waals surface area (Å²) in [6, 6.07) is 13.5. The first-order valence-corrected chi connectivity index (χ1v) is 9.19. The second-order valence-electron chi connectivity index (χ2n) is 6.62. The van der Waals surface area contributed by atoms with Crippen LogP contribution in [-0.2, 0) is 20.9 Å². The fraction of sp³-hybridized carbons (Fsp3) is 0.286. The summed E-state index contributed by atoms with van der Waals surface area (Å²) in [6.45, 7) is 0.0205. The minimum absolute atomic E-state index is 0.0695. The Balaban J connectivity index is 1.72. The van der Waals surface area contributed by atoms with E-state index >= 15 is 0 Å². The zero-order valence-corrected chi connectivity index (χ0v) is 16.3. The highest BCUT2D eigenvalue weighted by Gasteiger charge is 2.46. The normalized spacial score (nSPS) is 16.2. The van der Waals surface area contributed by atoms with E-state index in [0.717, 1.165) is 10.5 Å². The highest BCUT2D eigenvalue weighted by Crippen LogP contribution is 2.30. The number of rotatable bonds is 6. The van der Waals surface area contributed by atoms with E-state index in [1.165, 1.54) is 25.3 Å². The van der Waals surface area contributed by atoms with Crippen molar-refractivity contribution in [2.75, 3.05) is 13.7 Å². The lowest BCUT2D eigenvalue weighted by atomic mass is 10.1. The van der Waals surface area contributed by atoms with Crippen LogP contribution in [0.4, 0.5) is 13.2 Å². The minimum Gasteiger partial charge on any atom is -0.493 e. The maximum atomic E-state index is 12.8. The standard InChI is InChI=1S/C21H18F3NO6/c1-29-15-8-7-14(11-17(15)30-12-13-5-3-2-4-6-13)18(26)25-10-9-16(19(25)27)31-20(28)21(22,23)24/h2-8,11,16H,9-10,12H2,1H3/t16-/m0/s1. The SMILES string of the molecule is COc1ccc(C(=O)N2CC[C@H](OC(=O)C(F)(F)F)C2=O)cc1OCc1ccccc1. The number of amides is 2. The summed E-state index contributed by atoms with van der Waals surface area (Å²) in [5.74, 6) is -3.62. The van der Waals surface area contributed by atoms with Gasteiger partial charge in [0.05, 0.1) is 7.11 Å². The molecule has 3 rings (SSSR count). The van der Waals surface area contributed by atoms with Gasteiger partial charge in [-0.3, -0.25) is 14.5 Å². The molecule has 1 fully saturated rings. The average Bonchev–Trinajstić information content (AvgIpc) is 3.11. The number of esters is 1. The van der Waals surface area contributed by atoms with Crippen LogP contribution in [-0.4, -0.2) is 48.6 Å². The van der Waals surface area contributed by atoms with Crippen LogP contribution in [0.2, 0.25) is 0 Å². The Kier molecular flexibility index (Phi) is 6.47. The highest BCUT2D eigenvalue weighted by molar-refractivity contribution is 6.07. The molecular formula is C21H18F3NO6. The summed E-state index contributed by atoms with van der Waals surface area (Å²) in [7, 11) is 1.43. The van der Waals surface area contributed by atoms with E-state index in [1.807, 2.05) is 30.3 Å². The molecule has 1 heterocycles. The van der Waals surface area contributed by atoms with Crippen molar-refractivity contribution in [2.45, 2.75) is 25.3 Å². The first kappa shape index (κ1) is 22.1. The van der Waals surface area contributed by atoms with Gasteiger partial charge in [0.2, 0.25) is 0 Å². The number of halogens is 3. The molecule has 0 aromatic heterocycles. The van der Waals surface area contributed by atoms with E-state index in [4.69, 9.17) is 9.47 Å². The Hall–Kier alpha value is -3.56. The predicted octanol–water partition coefficient (Wildman–Crippen LogP) is 3.12. The molecule has 0 N–H and O–H groups in total. The lowest BCUT2D eigenvalue weighted by molar-refractivity contribution is -0.204. The van der Waals surface area contributed by atoms with Gasteiger partial charge in [0.25, 0.3) is 11.8 Å². The molecule has 0 aliphatic carbocycles. The van der Waals surface area contributed by atoms with Crippen LogP contribution in [0.5, 0.6) is 11.5 Å². The van der Waals surface area contributed by atoms with E-state index in [-0.39, 0.29) is 30.9 Å². The molecular weight excluding hydrogens is 419 g/mol. The van der Waals surface area contributed by atoms with Crippen molar-refractivity contribution < 1.29 is 41.8 Å². The number of hydrogen-bond donors (Lipinski definition) is 0. The number of likely N-dealkylation sites (tertiary alicyclic amines) is 1. The quantitative estimate of drug-likeness (QED) is 0.510. The molecule has 1 aliphatic heterocycles. The molecule has 0 spiro atoms. The van der Waals surface area contributed by atoms with Crippen molar-refractivity contribution in [2.24, 2.45) is 0 Å². The van der Waals surface area contributed by atoms with Gasteiger partial charge in [0, 0.05) is 18.5 Å². The van der Waals surface area contributed by atoms with Gasteiger partial charge in [-0.2, -0.15) is 13.2 Å². The smallest absolute Gasteiger partial charge is 0.490 e. The van der Waals surface area contributed by atoms with Crippen LogP contribution in [0.25, 0.3) is 0 Å². The highest BCUT2D eigenvalue weighted by atomic mass is 19.4. The monoisotopic (exact) mass is 437 g/mol. The van der Waals surface area contributed by atoms with Gasteiger partial charge >= 0.3 is 12.1 Å². The molecule has 164 valence electrons. The molecule has 1 atom stereocenters. The van der Waals surface area contributed by atoms with Crippen molar-refractivity contribution in [1.29, 1.82) is 0 Å². The molecule has 2 aromatic carbocycles. The molecule has 0 saturated carbocycles. The molecule has 31 heavy (non-hydrogen) atoms. The first-order valence-electron chi connectivity index (χ1n) is 9.19. The van der Waals surface area contributed by atoms with Crippen LogP contribution in [0.15, 0.2) is 48.5 Å². The fourth-order valence-corrected chi connectivity index (χ4v) is 2.97. The fourth-order valence-electron chi connectivity index (χ4n) is 2.97. The Morgan fingerprint density at radius 2 is 1.81 bits per heavy atom. The maximum Gasteiger partial charge on any atom is 0.490 e. The molecule has 1 aliphatic rings. The minimum atomic E-state index is -5.22. The van der Waals surface area contributed by atoms with E-state index in [0.29, 0.717) is 5.75 Å². The van der Waals surface area contributed by atoms with Gasteiger partial charge in [-0.1, -0.05) is 30.3 Å². The molecule has 1 saturated heterocycles. The number of imide groups is 1. The number of nitrogens with zero attached hydrogens (tertiary/aromatic N) is 1. The lowest BCUT2D eigenvalue weighted by Gasteiger charge is -2.17. The number of carbonyl (C=O) groups excluding carboxylic acids is 3. The van der Waals surface area contributed by atoms with E-state index in [2.05, 4.69) is 4.74 Å². The van der Waals surface area contributed by atoms with Gasteiger partial charge < -0.3 is 14.2 Å². The third-order valence-electron chi connectivity index (χ3n) is 4.53. The van der Waals surface area contributed by atoms with Crippen molar-refractivity contribution >= 4 is 17.8 Å². The Morgan fingerprint density at radius 3 is 2.45 bits per heavy atom. The average molecular weight is 437 g/mol. The molecule has 0 radical (unpaired) electrons. The van der Waals surface area contributed by atoms with Crippen molar-refractivity contribution in [3.05, 3.63) is 59.7 Å².